The lowest BCUT2D eigenvalue weighted by Gasteiger charge is -2.09. The molecule has 2 nitrogen and oxygen atoms in total. The molecule has 1 aromatic rings. The highest BCUT2D eigenvalue weighted by Gasteiger charge is 2.25. The van der Waals surface area contributed by atoms with Gasteiger partial charge in [-0.2, -0.15) is 13.2 Å². The fourth-order valence-electron chi connectivity index (χ4n) is 1.57. The number of alkyl halides is 3. The molecule has 0 heterocycles. The molecule has 19 heavy (non-hydrogen) atoms. The molecule has 0 fully saturated rings. The Morgan fingerprint density at radius 3 is 2.63 bits per heavy atom. The van der Waals surface area contributed by atoms with Crippen molar-refractivity contribution in [2.45, 2.75) is 32.4 Å². The standard InChI is InChI=1S/C13H15F3INO/c1-9-5-4-6-10(11(9)17)12(19)18-8-3-2-7-13(14,15)16/h4-6H,2-3,7-8H2,1H3,(H,18,19). The molecule has 6 heteroatoms. The average Bonchev–Trinajstić information content (AvgIpc) is 2.30. The average molecular weight is 385 g/mol. The predicted octanol–water partition coefficient (Wildman–Crippen LogP) is 4.06. The third kappa shape index (κ3) is 5.80. The van der Waals surface area contributed by atoms with E-state index in [2.05, 4.69) is 27.9 Å². The zero-order chi connectivity index (χ0) is 14.5. The lowest BCUT2D eigenvalue weighted by molar-refractivity contribution is -0.135. The van der Waals surface area contributed by atoms with E-state index in [9.17, 15) is 18.0 Å². The molecule has 0 spiro atoms. The lowest BCUT2D eigenvalue weighted by Crippen LogP contribution is -2.25. The molecule has 0 unspecified atom stereocenters. The van der Waals surface area contributed by atoms with Gasteiger partial charge in [0.2, 0.25) is 0 Å². The van der Waals surface area contributed by atoms with Gasteiger partial charge in [0, 0.05) is 16.5 Å². The number of amides is 1. The van der Waals surface area contributed by atoms with E-state index in [4.69, 9.17) is 0 Å². The first-order valence-electron chi connectivity index (χ1n) is 5.91. The third-order valence-corrected chi connectivity index (χ3v) is 4.04. The minimum Gasteiger partial charge on any atom is -0.352 e. The highest BCUT2D eigenvalue weighted by Crippen LogP contribution is 2.22. The summed E-state index contributed by atoms with van der Waals surface area (Å²) in [5.74, 6) is -0.236. The summed E-state index contributed by atoms with van der Waals surface area (Å²) in [5, 5.41) is 2.64. The number of benzene rings is 1. The number of hydrogen-bond acceptors (Lipinski definition) is 1. The van der Waals surface area contributed by atoms with Crippen molar-refractivity contribution in [3.63, 3.8) is 0 Å². The molecule has 0 saturated carbocycles. The van der Waals surface area contributed by atoms with E-state index in [0.29, 0.717) is 12.0 Å². The minimum absolute atomic E-state index is 0.0364. The number of nitrogens with one attached hydrogen (secondary N) is 1. The molecule has 1 N–H and O–H groups in total. The summed E-state index contributed by atoms with van der Waals surface area (Å²) in [6.45, 7) is 2.17. The number of rotatable bonds is 5. The van der Waals surface area contributed by atoms with Gasteiger partial charge < -0.3 is 5.32 Å². The van der Waals surface area contributed by atoms with E-state index in [0.717, 1.165) is 9.13 Å². The summed E-state index contributed by atoms with van der Waals surface area (Å²) >= 11 is 2.09. The van der Waals surface area contributed by atoms with Crippen LogP contribution in [0.5, 0.6) is 0 Å². The van der Waals surface area contributed by atoms with Crippen LogP contribution in [0.1, 0.15) is 35.2 Å². The number of unbranched alkanes of at least 4 members (excludes halogenated alkanes) is 1. The molecule has 106 valence electrons. The molecule has 1 amide bonds. The second kappa shape index (κ2) is 7.12. The van der Waals surface area contributed by atoms with Crippen molar-refractivity contribution in [3.05, 3.63) is 32.9 Å². The Bertz CT molecular complexity index is 446. The van der Waals surface area contributed by atoms with Crippen molar-refractivity contribution in [3.8, 4) is 0 Å². The summed E-state index contributed by atoms with van der Waals surface area (Å²) in [6.07, 6.45) is -4.55. The van der Waals surface area contributed by atoms with Gasteiger partial charge >= 0.3 is 6.18 Å². The molecule has 0 aromatic heterocycles. The molecule has 0 saturated heterocycles. The van der Waals surface area contributed by atoms with Crippen molar-refractivity contribution in [1.82, 2.24) is 5.32 Å². The predicted molar refractivity (Wildman–Crippen MR) is 76.1 cm³/mol. The second-order valence-electron chi connectivity index (χ2n) is 4.26. The largest absolute Gasteiger partial charge is 0.389 e. The van der Waals surface area contributed by atoms with E-state index in [1.54, 1.807) is 12.1 Å². The van der Waals surface area contributed by atoms with Gasteiger partial charge in [-0.1, -0.05) is 12.1 Å². The van der Waals surface area contributed by atoms with Crippen LogP contribution in [-0.2, 0) is 0 Å². The van der Waals surface area contributed by atoms with Crippen LogP contribution in [-0.4, -0.2) is 18.6 Å². The summed E-state index contributed by atoms with van der Waals surface area (Å²) in [5.41, 5.74) is 1.57. The lowest BCUT2D eigenvalue weighted by atomic mass is 10.1. The SMILES string of the molecule is Cc1cccc(C(=O)NCCCCC(F)(F)F)c1I. The monoisotopic (exact) mass is 385 g/mol. The second-order valence-corrected chi connectivity index (χ2v) is 5.34. The normalized spacial score (nSPS) is 11.4. The van der Waals surface area contributed by atoms with Gasteiger partial charge in [-0.3, -0.25) is 4.79 Å². The van der Waals surface area contributed by atoms with Gasteiger partial charge in [-0.05, 0) is 54.0 Å². The molecule has 1 rings (SSSR count). The maximum Gasteiger partial charge on any atom is 0.389 e. The Morgan fingerprint density at radius 2 is 2.00 bits per heavy atom. The Balaban J connectivity index is 2.38. The Morgan fingerprint density at radius 1 is 1.32 bits per heavy atom. The molecule has 0 aliphatic carbocycles. The van der Waals surface area contributed by atoms with Crippen LogP contribution in [0.2, 0.25) is 0 Å². The van der Waals surface area contributed by atoms with Gasteiger partial charge in [0.15, 0.2) is 0 Å². The fraction of sp³-hybridized carbons (Fsp3) is 0.462. The topological polar surface area (TPSA) is 29.1 Å². The van der Waals surface area contributed by atoms with Crippen LogP contribution in [0, 0.1) is 10.5 Å². The smallest absolute Gasteiger partial charge is 0.352 e. The number of aryl methyl sites for hydroxylation is 1. The molecular formula is C13H15F3INO. The van der Waals surface area contributed by atoms with Gasteiger partial charge in [-0.25, -0.2) is 0 Å². The quantitative estimate of drug-likeness (QED) is 0.601. The zero-order valence-electron chi connectivity index (χ0n) is 10.5. The summed E-state index contributed by atoms with van der Waals surface area (Å²) in [7, 11) is 0. The van der Waals surface area contributed by atoms with Crippen LogP contribution in [0.15, 0.2) is 18.2 Å². The van der Waals surface area contributed by atoms with Crippen molar-refractivity contribution in [2.24, 2.45) is 0 Å². The highest BCUT2D eigenvalue weighted by atomic mass is 127. The molecule has 0 atom stereocenters. The van der Waals surface area contributed by atoms with E-state index in [1.807, 2.05) is 13.0 Å². The van der Waals surface area contributed by atoms with Crippen LogP contribution in [0.4, 0.5) is 13.2 Å². The van der Waals surface area contributed by atoms with Crippen molar-refractivity contribution < 1.29 is 18.0 Å². The maximum atomic E-state index is 11.9. The first kappa shape index (κ1) is 16.3. The van der Waals surface area contributed by atoms with Gasteiger partial charge in [0.25, 0.3) is 5.91 Å². The van der Waals surface area contributed by atoms with Crippen molar-refractivity contribution >= 4 is 28.5 Å². The van der Waals surface area contributed by atoms with E-state index in [1.165, 1.54) is 0 Å². The Hall–Kier alpha value is -0.790. The molecule has 0 aliphatic heterocycles. The van der Waals surface area contributed by atoms with Crippen molar-refractivity contribution in [1.29, 1.82) is 0 Å². The van der Waals surface area contributed by atoms with Gasteiger partial charge in [0.1, 0.15) is 0 Å². The molecule has 1 aromatic carbocycles. The number of hydrogen-bond donors (Lipinski definition) is 1. The molecule has 0 bridgehead atoms. The van der Waals surface area contributed by atoms with Crippen LogP contribution in [0.25, 0.3) is 0 Å². The molecule has 0 radical (unpaired) electrons. The van der Waals surface area contributed by atoms with E-state index >= 15 is 0 Å². The van der Waals surface area contributed by atoms with Gasteiger partial charge in [-0.15, -0.1) is 0 Å². The first-order chi connectivity index (χ1) is 8.81. The Kier molecular flexibility index (Phi) is 6.09. The van der Waals surface area contributed by atoms with E-state index in [-0.39, 0.29) is 18.9 Å². The van der Waals surface area contributed by atoms with Crippen molar-refractivity contribution in [2.75, 3.05) is 6.54 Å². The minimum atomic E-state index is -4.12. The number of carbonyl (C=O) groups is 1. The summed E-state index contributed by atoms with van der Waals surface area (Å²) in [6, 6.07) is 5.40. The van der Waals surface area contributed by atoms with Gasteiger partial charge in [0.05, 0.1) is 5.56 Å². The molecular weight excluding hydrogens is 370 g/mol. The maximum absolute atomic E-state index is 11.9. The first-order valence-corrected chi connectivity index (χ1v) is 6.99. The fourth-order valence-corrected chi connectivity index (χ4v) is 2.17. The highest BCUT2D eigenvalue weighted by molar-refractivity contribution is 14.1. The summed E-state index contributed by atoms with van der Waals surface area (Å²) in [4.78, 5) is 11.8. The molecule has 0 aliphatic rings. The zero-order valence-corrected chi connectivity index (χ0v) is 12.6. The van der Waals surface area contributed by atoms with Crippen LogP contribution < -0.4 is 5.32 Å². The van der Waals surface area contributed by atoms with E-state index < -0.39 is 12.6 Å². The van der Waals surface area contributed by atoms with Crippen LogP contribution in [0.3, 0.4) is 0 Å². The number of carbonyl (C=O) groups excluding carboxylic acids is 1. The third-order valence-electron chi connectivity index (χ3n) is 2.61. The number of halogens is 4. The van der Waals surface area contributed by atoms with Crippen LogP contribution >= 0.6 is 22.6 Å². The Labute approximate surface area is 123 Å². The summed E-state index contributed by atoms with van der Waals surface area (Å²) < 4.78 is 36.6.